The second kappa shape index (κ2) is 7.03. The lowest BCUT2D eigenvalue weighted by molar-refractivity contribution is -0.122. The van der Waals surface area contributed by atoms with E-state index in [2.05, 4.69) is 17.1 Å². The van der Waals surface area contributed by atoms with Crippen LogP contribution in [0, 0.1) is 19.7 Å². The molecule has 1 aromatic carbocycles. The molecule has 1 amide bonds. The lowest BCUT2D eigenvalue weighted by Crippen LogP contribution is -2.47. The van der Waals surface area contributed by atoms with Gasteiger partial charge in [0.2, 0.25) is 5.91 Å². The summed E-state index contributed by atoms with van der Waals surface area (Å²) in [5, 5.41) is 3.02. The van der Waals surface area contributed by atoms with Gasteiger partial charge in [0.1, 0.15) is 5.82 Å². The van der Waals surface area contributed by atoms with Crippen LogP contribution in [0.15, 0.2) is 12.1 Å². The van der Waals surface area contributed by atoms with Crippen molar-refractivity contribution in [2.45, 2.75) is 52.5 Å². The lowest BCUT2D eigenvalue weighted by atomic mass is 10.0. The summed E-state index contributed by atoms with van der Waals surface area (Å²) >= 11 is 0. The van der Waals surface area contributed by atoms with Gasteiger partial charge < -0.3 is 5.32 Å². The van der Waals surface area contributed by atoms with Crippen LogP contribution in [-0.4, -0.2) is 29.9 Å². The molecule has 1 aromatic rings. The second-order valence-electron chi connectivity index (χ2n) is 5.95. The fraction of sp³-hybridized carbons (Fsp3) is 0.588. The number of aryl methyl sites for hydroxylation is 2. The van der Waals surface area contributed by atoms with Gasteiger partial charge in [-0.2, -0.15) is 0 Å². The predicted molar refractivity (Wildman–Crippen MR) is 84.0 cm³/mol. The van der Waals surface area contributed by atoms with E-state index in [1.807, 2.05) is 13.8 Å². The number of anilines is 1. The van der Waals surface area contributed by atoms with Gasteiger partial charge in [0.25, 0.3) is 0 Å². The van der Waals surface area contributed by atoms with Crippen LogP contribution >= 0.6 is 0 Å². The van der Waals surface area contributed by atoms with Crippen LogP contribution in [0.1, 0.15) is 43.7 Å². The van der Waals surface area contributed by atoms with Crippen molar-refractivity contribution >= 4 is 11.6 Å². The van der Waals surface area contributed by atoms with Crippen molar-refractivity contribution in [1.82, 2.24) is 4.90 Å². The maximum atomic E-state index is 13.3. The zero-order valence-electron chi connectivity index (χ0n) is 13.2. The van der Waals surface area contributed by atoms with Crippen molar-refractivity contribution in [2.24, 2.45) is 0 Å². The third-order valence-electron chi connectivity index (χ3n) is 4.17. The molecule has 0 spiro atoms. The topological polar surface area (TPSA) is 32.3 Å². The summed E-state index contributed by atoms with van der Waals surface area (Å²) < 4.78 is 13.3. The van der Waals surface area contributed by atoms with Crippen molar-refractivity contribution in [2.75, 3.05) is 18.4 Å². The normalized spacial score (nSPS) is 19.5. The van der Waals surface area contributed by atoms with Crippen LogP contribution in [-0.2, 0) is 4.79 Å². The Morgan fingerprint density at radius 1 is 1.33 bits per heavy atom. The van der Waals surface area contributed by atoms with E-state index in [1.54, 1.807) is 0 Å². The van der Waals surface area contributed by atoms with Crippen LogP contribution in [0.25, 0.3) is 0 Å². The number of nitrogens with one attached hydrogen (secondary N) is 1. The molecule has 0 radical (unpaired) electrons. The lowest BCUT2D eigenvalue weighted by Gasteiger charge is -2.34. The minimum absolute atomic E-state index is 0.0426. The van der Waals surface area contributed by atoms with E-state index in [0.717, 1.165) is 49.2 Å². The third kappa shape index (κ3) is 3.82. The van der Waals surface area contributed by atoms with E-state index >= 15 is 0 Å². The van der Waals surface area contributed by atoms with E-state index in [-0.39, 0.29) is 17.8 Å². The summed E-state index contributed by atoms with van der Waals surface area (Å²) in [6.45, 7) is 7.75. The smallest absolute Gasteiger partial charge is 0.241 e. The van der Waals surface area contributed by atoms with Crippen molar-refractivity contribution in [3.05, 3.63) is 29.1 Å². The molecule has 1 atom stereocenters. The molecule has 116 valence electrons. The number of likely N-dealkylation sites (tertiary alicyclic amines) is 1. The van der Waals surface area contributed by atoms with Crippen molar-refractivity contribution in [3.8, 4) is 0 Å². The van der Waals surface area contributed by atoms with Gasteiger partial charge in [-0.3, -0.25) is 9.69 Å². The number of nitrogens with zero attached hydrogens (tertiary/aromatic N) is 1. The van der Waals surface area contributed by atoms with Gasteiger partial charge >= 0.3 is 0 Å². The van der Waals surface area contributed by atoms with Crippen molar-refractivity contribution < 1.29 is 9.18 Å². The predicted octanol–water partition coefficient (Wildman–Crippen LogP) is 3.65. The molecule has 0 bridgehead atoms. The molecule has 4 heteroatoms. The molecule has 0 aromatic heterocycles. The van der Waals surface area contributed by atoms with Crippen LogP contribution in [0.2, 0.25) is 0 Å². The SMILES string of the molecule is CCCN1CCCCC1C(=O)Nc1c(C)cc(F)cc1C. The van der Waals surface area contributed by atoms with Gasteiger partial charge in [-0.25, -0.2) is 4.39 Å². The fourth-order valence-electron chi connectivity index (χ4n) is 3.16. The monoisotopic (exact) mass is 292 g/mol. The fourth-order valence-corrected chi connectivity index (χ4v) is 3.16. The van der Waals surface area contributed by atoms with E-state index < -0.39 is 0 Å². The largest absolute Gasteiger partial charge is 0.324 e. The van der Waals surface area contributed by atoms with Crippen molar-refractivity contribution in [1.29, 1.82) is 0 Å². The Morgan fingerprint density at radius 3 is 2.62 bits per heavy atom. The number of hydrogen-bond donors (Lipinski definition) is 1. The first-order chi connectivity index (χ1) is 10.0. The number of benzene rings is 1. The molecule has 0 aliphatic carbocycles. The van der Waals surface area contributed by atoms with Gasteiger partial charge in [0.15, 0.2) is 0 Å². The van der Waals surface area contributed by atoms with E-state index in [4.69, 9.17) is 0 Å². The summed E-state index contributed by atoms with van der Waals surface area (Å²) in [6, 6.07) is 2.88. The summed E-state index contributed by atoms with van der Waals surface area (Å²) in [5.74, 6) is -0.214. The molecule has 1 N–H and O–H groups in total. The second-order valence-corrected chi connectivity index (χ2v) is 5.95. The van der Waals surface area contributed by atoms with E-state index in [9.17, 15) is 9.18 Å². The van der Waals surface area contributed by atoms with Gasteiger partial charge in [-0.05, 0) is 69.5 Å². The molecule has 0 saturated carbocycles. The summed E-state index contributed by atoms with van der Waals surface area (Å²) in [4.78, 5) is 14.9. The molecule has 1 aliphatic heterocycles. The number of carbonyl (C=O) groups is 1. The number of halogens is 1. The zero-order chi connectivity index (χ0) is 15.4. The molecule has 1 heterocycles. The van der Waals surface area contributed by atoms with E-state index in [0.29, 0.717) is 0 Å². The molecule has 1 aliphatic rings. The Labute approximate surface area is 126 Å². The van der Waals surface area contributed by atoms with E-state index in [1.165, 1.54) is 18.6 Å². The van der Waals surface area contributed by atoms with Crippen LogP contribution < -0.4 is 5.32 Å². The quantitative estimate of drug-likeness (QED) is 0.919. The molecule has 1 unspecified atom stereocenters. The number of carbonyl (C=O) groups excluding carboxylic acids is 1. The average molecular weight is 292 g/mol. The van der Waals surface area contributed by atoms with Crippen LogP contribution in [0.3, 0.4) is 0 Å². The first-order valence-electron chi connectivity index (χ1n) is 7.84. The van der Waals surface area contributed by atoms with Gasteiger partial charge in [0.05, 0.1) is 6.04 Å². The highest BCUT2D eigenvalue weighted by Gasteiger charge is 2.28. The average Bonchev–Trinajstić information content (AvgIpc) is 2.43. The Morgan fingerprint density at radius 2 is 2.00 bits per heavy atom. The highest BCUT2D eigenvalue weighted by atomic mass is 19.1. The number of hydrogen-bond acceptors (Lipinski definition) is 2. The standard InChI is InChI=1S/C17H25FN2O/c1-4-8-20-9-6-5-7-15(20)17(21)19-16-12(2)10-14(18)11-13(16)3/h10-11,15H,4-9H2,1-3H3,(H,19,21). The minimum atomic E-state index is -0.256. The number of amides is 1. The first kappa shape index (κ1) is 16.0. The molecule has 21 heavy (non-hydrogen) atoms. The maximum absolute atomic E-state index is 13.3. The summed E-state index contributed by atoms with van der Waals surface area (Å²) in [7, 11) is 0. The molecule has 1 saturated heterocycles. The molecular formula is C17H25FN2O. The molecule has 1 fully saturated rings. The molecule has 3 nitrogen and oxygen atoms in total. The van der Waals surface area contributed by atoms with Gasteiger partial charge in [-0.15, -0.1) is 0 Å². The molecular weight excluding hydrogens is 267 g/mol. The zero-order valence-corrected chi connectivity index (χ0v) is 13.2. The van der Waals surface area contributed by atoms with Crippen molar-refractivity contribution in [3.63, 3.8) is 0 Å². The Balaban J connectivity index is 2.13. The highest BCUT2D eigenvalue weighted by Crippen LogP contribution is 2.24. The number of rotatable bonds is 4. The van der Waals surface area contributed by atoms with Gasteiger partial charge in [0, 0.05) is 5.69 Å². The van der Waals surface area contributed by atoms with Crippen LogP contribution in [0.4, 0.5) is 10.1 Å². The Kier molecular flexibility index (Phi) is 5.34. The third-order valence-corrected chi connectivity index (χ3v) is 4.17. The number of piperidine rings is 1. The summed E-state index contributed by atoms with van der Waals surface area (Å²) in [5.41, 5.74) is 2.31. The van der Waals surface area contributed by atoms with Crippen LogP contribution in [0.5, 0.6) is 0 Å². The minimum Gasteiger partial charge on any atom is -0.324 e. The summed E-state index contributed by atoms with van der Waals surface area (Å²) in [6.07, 6.45) is 4.22. The molecule has 2 rings (SSSR count). The maximum Gasteiger partial charge on any atom is 0.241 e. The van der Waals surface area contributed by atoms with Gasteiger partial charge in [-0.1, -0.05) is 13.3 Å². The Bertz CT molecular complexity index is 491. The highest BCUT2D eigenvalue weighted by molar-refractivity contribution is 5.96. The Hall–Kier alpha value is -1.42. The first-order valence-corrected chi connectivity index (χ1v) is 7.84.